The van der Waals surface area contributed by atoms with Gasteiger partial charge in [0.15, 0.2) is 5.82 Å². The molecule has 2 aromatic carbocycles. The average molecular weight is 864 g/mol. The van der Waals surface area contributed by atoms with E-state index in [-0.39, 0.29) is 109 Å². The van der Waals surface area contributed by atoms with Gasteiger partial charge in [0, 0.05) is 44.2 Å². The van der Waals surface area contributed by atoms with Crippen LogP contribution in [0.3, 0.4) is 0 Å². The van der Waals surface area contributed by atoms with Crippen molar-refractivity contribution in [2.24, 2.45) is 5.92 Å². The predicted molar refractivity (Wildman–Crippen MR) is 204 cm³/mol. The Morgan fingerprint density at radius 3 is 2.62 bits per heavy atom. The fourth-order valence-electron chi connectivity index (χ4n) is 9.82. The number of hydrogen-bond donors (Lipinski definition) is 1. The van der Waals surface area contributed by atoms with Gasteiger partial charge in [0.05, 0.1) is 36.2 Å². The van der Waals surface area contributed by atoms with E-state index in [1.807, 2.05) is 4.90 Å². The lowest BCUT2D eigenvalue weighted by atomic mass is 9.90. The highest BCUT2D eigenvalue weighted by atomic mass is 19.4. The topological polar surface area (TPSA) is 122 Å². The summed E-state index contributed by atoms with van der Waals surface area (Å²) in [5.74, 6) is -4.45. The van der Waals surface area contributed by atoms with Gasteiger partial charge in [-0.15, -0.1) is 0 Å². The number of aryl methyl sites for hydroxylation is 1. The van der Waals surface area contributed by atoms with Crippen molar-refractivity contribution in [2.45, 2.75) is 81.2 Å². The number of nitrogens with one attached hydrogen (secondary N) is 1. The number of rotatable bonds is 4. The van der Waals surface area contributed by atoms with Crippen LogP contribution in [0.5, 0.6) is 11.8 Å². The number of alkyl halides is 6. The first-order valence-corrected chi connectivity index (χ1v) is 20.1. The van der Waals surface area contributed by atoms with Gasteiger partial charge in [0.2, 0.25) is 0 Å². The highest BCUT2D eigenvalue weighted by Crippen LogP contribution is 2.43. The van der Waals surface area contributed by atoms with Crippen molar-refractivity contribution >= 4 is 39.7 Å². The number of benzene rings is 2. The summed E-state index contributed by atoms with van der Waals surface area (Å²) < 4.78 is 136. The van der Waals surface area contributed by atoms with Crippen LogP contribution in [0, 0.1) is 17.6 Å². The number of likely N-dealkylation sites (tertiary alicyclic amines) is 1. The Balaban J connectivity index is 1.19. The number of carbonyl (C=O) groups excluding carboxylic acids is 2. The summed E-state index contributed by atoms with van der Waals surface area (Å²) in [7, 11) is 0. The summed E-state index contributed by atoms with van der Waals surface area (Å²) in [6.45, 7) is 0.238. The Kier molecular flexibility index (Phi) is 10.3. The molecule has 6 aliphatic heterocycles. The van der Waals surface area contributed by atoms with Gasteiger partial charge in [0.1, 0.15) is 59.6 Å². The largest absolute Gasteiger partial charge is 0.461 e. The van der Waals surface area contributed by atoms with Crippen LogP contribution >= 0.6 is 0 Å². The van der Waals surface area contributed by atoms with E-state index in [1.54, 1.807) is 6.92 Å². The second-order valence-corrected chi connectivity index (χ2v) is 17.0. The van der Waals surface area contributed by atoms with Gasteiger partial charge in [-0.1, -0.05) is 6.07 Å². The molecule has 1 N–H and O–H groups in total. The lowest BCUT2D eigenvalue weighted by molar-refractivity contribution is -0.181. The first kappa shape index (κ1) is 41.1. The lowest BCUT2D eigenvalue weighted by Gasteiger charge is -2.42. The molecular weight excluding hydrogens is 822 g/mol. The van der Waals surface area contributed by atoms with E-state index in [4.69, 9.17) is 14.2 Å². The monoisotopic (exact) mass is 863 g/mol. The first-order valence-electron chi connectivity index (χ1n) is 20.1. The quantitative estimate of drug-likeness (QED) is 0.208. The van der Waals surface area contributed by atoms with Crippen molar-refractivity contribution in [1.29, 1.82) is 0 Å². The molecule has 12 nitrogen and oxygen atoms in total. The second-order valence-electron chi connectivity index (χ2n) is 17.0. The predicted octanol–water partition coefficient (Wildman–Crippen LogP) is 7.39. The molecule has 0 aliphatic carbocycles. The first-order chi connectivity index (χ1) is 29.0. The van der Waals surface area contributed by atoms with Crippen molar-refractivity contribution in [1.82, 2.24) is 30.1 Å². The molecule has 0 spiro atoms. The summed E-state index contributed by atoms with van der Waals surface area (Å²) >= 11 is 0. The molecule has 2 aromatic heterocycles. The standard InChI is InChI=1S/C41H41F8N7O5/c1-39-12-22(42)15-55(19-39)35-27-14-50-33(32(46)34(27)51-36(52-35)60-20-40-7-3-8-56(40)16-23(43)13-40)26-11-24(61-38(58)54-17-28(30(45)18-54)41(47,48)49)10-21-5-6-29(44)25(31(21)26)4-2-9-59-37(57)53-39/h5-6,10-11,14,22-23,28,30H,2-4,7-9,12-13,15-20H2,1H3,(H,53,57)/t22-,23-,28-,30-,39-,40+/m1/s1. The van der Waals surface area contributed by atoms with Crippen molar-refractivity contribution in [3.63, 3.8) is 0 Å². The Morgan fingerprint density at radius 2 is 1.84 bits per heavy atom. The van der Waals surface area contributed by atoms with Gasteiger partial charge in [-0.3, -0.25) is 9.88 Å². The van der Waals surface area contributed by atoms with Crippen LogP contribution in [0.1, 0.15) is 44.6 Å². The molecule has 8 heterocycles. The molecule has 6 bridgehead atoms. The van der Waals surface area contributed by atoms with E-state index in [9.17, 15) is 31.5 Å². The van der Waals surface area contributed by atoms with Gasteiger partial charge in [-0.05, 0) is 73.7 Å². The number of anilines is 1. The van der Waals surface area contributed by atoms with Gasteiger partial charge >= 0.3 is 24.4 Å². The number of aromatic nitrogens is 3. The van der Waals surface area contributed by atoms with E-state index in [0.717, 1.165) is 12.5 Å². The van der Waals surface area contributed by atoms with Crippen molar-refractivity contribution in [3.05, 3.63) is 47.7 Å². The zero-order chi connectivity index (χ0) is 43.0. The van der Waals surface area contributed by atoms with Crippen LogP contribution in [0.4, 0.5) is 50.5 Å². The van der Waals surface area contributed by atoms with Crippen molar-refractivity contribution in [3.8, 4) is 23.0 Å². The van der Waals surface area contributed by atoms with Crippen LogP contribution in [0.2, 0.25) is 0 Å². The molecule has 61 heavy (non-hydrogen) atoms. The third-order valence-corrected chi connectivity index (χ3v) is 12.5. The van der Waals surface area contributed by atoms with E-state index < -0.39 is 84.3 Å². The number of alkyl carbamates (subject to hydrolysis) is 1. The molecule has 0 radical (unpaired) electrons. The Labute approximate surface area is 343 Å². The molecule has 326 valence electrons. The number of pyridine rings is 1. The third-order valence-electron chi connectivity index (χ3n) is 12.5. The summed E-state index contributed by atoms with van der Waals surface area (Å²) in [5.41, 5.74) is -2.63. The number of halogens is 8. The normalized spacial score (nSPS) is 28.3. The highest BCUT2D eigenvalue weighted by molar-refractivity contribution is 6.02. The Hall–Kier alpha value is -5.27. The molecule has 6 aliphatic rings. The van der Waals surface area contributed by atoms with Gasteiger partial charge in [-0.2, -0.15) is 23.1 Å². The van der Waals surface area contributed by atoms with Gasteiger partial charge < -0.3 is 29.3 Å². The Bertz CT molecular complexity index is 2410. The summed E-state index contributed by atoms with van der Waals surface area (Å²) in [5, 5.41) is 3.11. The zero-order valence-corrected chi connectivity index (χ0v) is 32.8. The molecule has 0 unspecified atom stereocenters. The van der Waals surface area contributed by atoms with E-state index in [2.05, 4.69) is 20.3 Å². The maximum absolute atomic E-state index is 17.5. The van der Waals surface area contributed by atoms with Crippen LogP contribution in [-0.4, -0.2) is 125 Å². The zero-order valence-electron chi connectivity index (χ0n) is 32.8. The molecule has 2 amide bonds. The Morgan fingerprint density at radius 1 is 1.03 bits per heavy atom. The summed E-state index contributed by atoms with van der Waals surface area (Å²) in [6.07, 6.45) is -9.13. The highest BCUT2D eigenvalue weighted by Gasteiger charge is 2.52. The third kappa shape index (κ3) is 7.68. The molecule has 10 rings (SSSR count). The SMILES string of the molecule is C[C@@]12C[C@@H](F)CN(C1)c1nc(OC[C@@]34CCCN3C[C@H](F)C4)nc3c(F)c(ncc13)-c1cc(OC(=O)N3C[C@@H](F)[C@H](C(F)(F)F)C3)cc3ccc(F)c(c13)CCCOC(=O)N2. The van der Waals surface area contributed by atoms with Crippen molar-refractivity contribution < 1.29 is 58.9 Å². The van der Waals surface area contributed by atoms with Crippen LogP contribution in [0.25, 0.3) is 32.9 Å². The smallest absolute Gasteiger partial charge is 0.415 e. The number of fused-ring (bicyclic) bond motifs is 7. The van der Waals surface area contributed by atoms with Gasteiger partial charge in [0.25, 0.3) is 0 Å². The number of hydrogen-bond acceptors (Lipinski definition) is 10. The number of amides is 2. The number of ether oxygens (including phenoxy) is 3. The molecule has 4 aromatic rings. The molecule has 0 saturated carbocycles. The molecule has 6 atom stereocenters. The maximum Gasteiger partial charge on any atom is 0.415 e. The minimum Gasteiger partial charge on any atom is -0.461 e. The maximum atomic E-state index is 17.5. The van der Waals surface area contributed by atoms with E-state index >= 15 is 13.2 Å². The van der Waals surface area contributed by atoms with Crippen LogP contribution < -0.4 is 19.7 Å². The minimum absolute atomic E-state index is 0.00668. The number of piperidine rings is 1. The van der Waals surface area contributed by atoms with E-state index in [0.29, 0.717) is 17.9 Å². The van der Waals surface area contributed by atoms with E-state index in [1.165, 1.54) is 29.3 Å². The fourth-order valence-corrected chi connectivity index (χ4v) is 9.82. The molecule has 20 heteroatoms. The number of nitrogens with zero attached hydrogens (tertiary/aromatic N) is 6. The molecular formula is C41H41F8N7O5. The summed E-state index contributed by atoms with van der Waals surface area (Å²) in [4.78, 5) is 44.0. The summed E-state index contributed by atoms with van der Waals surface area (Å²) in [6, 6.07) is 4.64. The minimum atomic E-state index is -4.91. The molecule has 4 saturated heterocycles. The van der Waals surface area contributed by atoms with Crippen LogP contribution in [0.15, 0.2) is 30.5 Å². The van der Waals surface area contributed by atoms with Gasteiger partial charge in [-0.25, -0.2) is 31.5 Å². The lowest BCUT2D eigenvalue weighted by Crippen LogP contribution is -2.60. The fraction of sp³-hybridized carbons (Fsp3) is 0.537. The molecule has 4 fully saturated rings. The van der Waals surface area contributed by atoms with Crippen LogP contribution in [-0.2, 0) is 11.2 Å². The second kappa shape index (κ2) is 15.3. The average Bonchev–Trinajstić information content (AvgIpc) is 3.87. The number of carbonyl (C=O) groups is 2. The van der Waals surface area contributed by atoms with Crippen molar-refractivity contribution in [2.75, 3.05) is 57.4 Å².